The lowest BCUT2D eigenvalue weighted by atomic mass is 9.98. The highest BCUT2D eigenvalue weighted by Gasteiger charge is 2.27. The number of aromatic amines is 1. The summed E-state index contributed by atoms with van der Waals surface area (Å²) < 4.78 is 5.14. The third-order valence-corrected chi connectivity index (χ3v) is 3.94. The summed E-state index contributed by atoms with van der Waals surface area (Å²) in [6.07, 6.45) is 1.96. The molecule has 0 saturated carbocycles. The molecule has 0 amide bonds. The molecule has 5 nitrogen and oxygen atoms in total. The zero-order valence-corrected chi connectivity index (χ0v) is 12.3. The van der Waals surface area contributed by atoms with E-state index in [2.05, 4.69) is 14.9 Å². The summed E-state index contributed by atoms with van der Waals surface area (Å²) in [6, 6.07) is 8.03. The van der Waals surface area contributed by atoms with Gasteiger partial charge in [-0.05, 0) is 38.4 Å². The van der Waals surface area contributed by atoms with Crippen molar-refractivity contribution in [3.8, 4) is 0 Å². The van der Waals surface area contributed by atoms with Crippen molar-refractivity contribution in [2.45, 2.75) is 26.3 Å². The minimum Gasteiger partial charge on any atom is -0.466 e. The lowest BCUT2D eigenvalue weighted by Crippen LogP contribution is -2.39. The molecule has 5 heteroatoms. The van der Waals surface area contributed by atoms with Crippen LogP contribution in [-0.4, -0.2) is 40.5 Å². The Morgan fingerprint density at radius 3 is 3.14 bits per heavy atom. The summed E-state index contributed by atoms with van der Waals surface area (Å²) in [5, 5.41) is 0. The van der Waals surface area contributed by atoms with E-state index >= 15 is 0 Å². The molecule has 0 bridgehead atoms. The first-order valence-corrected chi connectivity index (χ1v) is 7.59. The number of H-pyrrole nitrogens is 1. The number of nitrogens with one attached hydrogen (secondary N) is 1. The second kappa shape index (κ2) is 6.26. The van der Waals surface area contributed by atoms with Crippen LogP contribution in [-0.2, 0) is 16.1 Å². The van der Waals surface area contributed by atoms with Crippen molar-refractivity contribution in [1.82, 2.24) is 14.9 Å². The molecule has 1 atom stereocenters. The van der Waals surface area contributed by atoms with E-state index in [-0.39, 0.29) is 11.9 Å². The molecule has 2 aromatic rings. The minimum atomic E-state index is -0.0631. The Morgan fingerprint density at radius 1 is 1.48 bits per heavy atom. The van der Waals surface area contributed by atoms with Crippen LogP contribution in [0.25, 0.3) is 11.0 Å². The fraction of sp³-hybridized carbons (Fsp3) is 0.500. The largest absolute Gasteiger partial charge is 0.466 e. The molecule has 2 heterocycles. The second-order valence-electron chi connectivity index (χ2n) is 5.53. The molecule has 1 N–H and O–H groups in total. The molecule has 0 radical (unpaired) electrons. The third-order valence-electron chi connectivity index (χ3n) is 3.94. The van der Waals surface area contributed by atoms with Crippen LogP contribution in [0, 0.1) is 5.92 Å². The van der Waals surface area contributed by atoms with E-state index in [0.717, 1.165) is 49.3 Å². The molecule has 1 aromatic carbocycles. The molecule has 1 saturated heterocycles. The van der Waals surface area contributed by atoms with E-state index in [0.29, 0.717) is 6.61 Å². The summed E-state index contributed by atoms with van der Waals surface area (Å²) >= 11 is 0. The van der Waals surface area contributed by atoms with Crippen LogP contribution in [0.15, 0.2) is 24.3 Å². The van der Waals surface area contributed by atoms with Gasteiger partial charge < -0.3 is 9.72 Å². The van der Waals surface area contributed by atoms with E-state index in [1.54, 1.807) is 0 Å². The Balaban J connectivity index is 1.65. The van der Waals surface area contributed by atoms with Crippen LogP contribution in [0.2, 0.25) is 0 Å². The Kier molecular flexibility index (Phi) is 4.20. The second-order valence-corrected chi connectivity index (χ2v) is 5.53. The van der Waals surface area contributed by atoms with Gasteiger partial charge in [-0.1, -0.05) is 12.1 Å². The lowest BCUT2D eigenvalue weighted by Gasteiger charge is -2.30. The van der Waals surface area contributed by atoms with Crippen molar-refractivity contribution >= 4 is 17.0 Å². The van der Waals surface area contributed by atoms with Crippen LogP contribution < -0.4 is 0 Å². The van der Waals surface area contributed by atoms with Crippen molar-refractivity contribution in [1.29, 1.82) is 0 Å². The molecular weight excluding hydrogens is 266 g/mol. The van der Waals surface area contributed by atoms with Gasteiger partial charge in [0.15, 0.2) is 0 Å². The summed E-state index contributed by atoms with van der Waals surface area (Å²) in [7, 11) is 0. The van der Waals surface area contributed by atoms with Gasteiger partial charge in [0.2, 0.25) is 0 Å². The number of likely N-dealkylation sites (tertiary alicyclic amines) is 1. The maximum Gasteiger partial charge on any atom is 0.310 e. The Hall–Kier alpha value is -1.88. The number of carbonyl (C=O) groups excluding carboxylic acids is 1. The number of aromatic nitrogens is 2. The number of rotatable bonds is 4. The topological polar surface area (TPSA) is 58.2 Å². The molecule has 1 fully saturated rings. The number of ether oxygens (including phenoxy) is 1. The maximum atomic E-state index is 11.9. The number of nitrogens with zero attached hydrogens (tertiary/aromatic N) is 2. The van der Waals surface area contributed by atoms with Crippen LogP contribution in [0.5, 0.6) is 0 Å². The highest BCUT2D eigenvalue weighted by atomic mass is 16.5. The molecule has 1 aliphatic rings. The fourth-order valence-electron chi connectivity index (χ4n) is 2.94. The van der Waals surface area contributed by atoms with Gasteiger partial charge in [0.05, 0.1) is 30.1 Å². The molecule has 0 spiro atoms. The van der Waals surface area contributed by atoms with Gasteiger partial charge in [0.25, 0.3) is 0 Å². The van der Waals surface area contributed by atoms with Gasteiger partial charge in [-0.3, -0.25) is 9.69 Å². The Morgan fingerprint density at radius 2 is 2.33 bits per heavy atom. The molecule has 3 rings (SSSR count). The monoisotopic (exact) mass is 287 g/mol. The van der Waals surface area contributed by atoms with E-state index in [4.69, 9.17) is 4.74 Å². The Labute approximate surface area is 124 Å². The van der Waals surface area contributed by atoms with E-state index < -0.39 is 0 Å². The third kappa shape index (κ3) is 3.24. The predicted molar refractivity (Wildman–Crippen MR) is 80.7 cm³/mol. The van der Waals surface area contributed by atoms with E-state index in [9.17, 15) is 4.79 Å². The standard InChI is InChI=1S/C16H21N3O2/c1-2-21-16(20)12-6-5-9-19(10-12)11-15-17-13-7-3-4-8-14(13)18-15/h3-4,7-8,12H,2,5-6,9-11H2,1H3,(H,17,18)/t12-/m1/s1. The number of carbonyl (C=O) groups is 1. The van der Waals surface area contributed by atoms with E-state index in [1.807, 2.05) is 31.2 Å². The van der Waals surface area contributed by atoms with Crippen molar-refractivity contribution in [2.24, 2.45) is 5.92 Å². The summed E-state index contributed by atoms with van der Waals surface area (Å²) in [6.45, 7) is 4.83. The molecule has 1 aliphatic heterocycles. The van der Waals surface area contributed by atoms with Gasteiger partial charge in [-0.25, -0.2) is 4.98 Å². The molecule has 0 unspecified atom stereocenters. The zero-order chi connectivity index (χ0) is 14.7. The summed E-state index contributed by atoms with van der Waals surface area (Å²) in [5.74, 6) is 0.899. The van der Waals surface area contributed by atoms with Crippen LogP contribution in [0.1, 0.15) is 25.6 Å². The molecule has 21 heavy (non-hydrogen) atoms. The van der Waals surface area contributed by atoms with Gasteiger partial charge in [0, 0.05) is 6.54 Å². The number of hydrogen-bond donors (Lipinski definition) is 1. The molecule has 112 valence electrons. The van der Waals surface area contributed by atoms with Gasteiger partial charge >= 0.3 is 5.97 Å². The number of hydrogen-bond acceptors (Lipinski definition) is 4. The predicted octanol–water partition coefficient (Wildman–Crippen LogP) is 2.34. The van der Waals surface area contributed by atoms with Crippen molar-refractivity contribution in [3.63, 3.8) is 0 Å². The quantitative estimate of drug-likeness (QED) is 0.877. The molecule has 0 aliphatic carbocycles. The first kappa shape index (κ1) is 14.1. The SMILES string of the molecule is CCOC(=O)[C@@H]1CCCN(Cc2nc3ccccc3[nH]2)C1. The first-order valence-electron chi connectivity index (χ1n) is 7.59. The highest BCUT2D eigenvalue weighted by Crippen LogP contribution is 2.20. The molecule has 1 aromatic heterocycles. The normalized spacial score (nSPS) is 19.8. The maximum absolute atomic E-state index is 11.9. The number of esters is 1. The average molecular weight is 287 g/mol. The lowest BCUT2D eigenvalue weighted by molar-refractivity contribution is -0.150. The fourth-order valence-corrected chi connectivity index (χ4v) is 2.94. The minimum absolute atomic E-state index is 0.00285. The zero-order valence-electron chi connectivity index (χ0n) is 12.3. The number of piperidine rings is 1. The van der Waals surface area contributed by atoms with Crippen molar-refractivity contribution in [3.05, 3.63) is 30.1 Å². The Bertz CT molecular complexity index is 590. The number of imidazole rings is 1. The highest BCUT2D eigenvalue weighted by molar-refractivity contribution is 5.74. The summed E-state index contributed by atoms with van der Waals surface area (Å²) in [5.41, 5.74) is 2.05. The summed E-state index contributed by atoms with van der Waals surface area (Å²) in [4.78, 5) is 22.1. The van der Waals surface area contributed by atoms with Gasteiger partial charge in [-0.15, -0.1) is 0 Å². The van der Waals surface area contributed by atoms with Crippen molar-refractivity contribution < 1.29 is 9.53 Å². The van der Waals surface area contributed by atoms with Crippen molar-refractivity contribution in [2.75, 3.05) is 19.7 Å². The smallest absolute Gasteiger partial charge is 0.310 e. The van der Waals surface area contributed by atoms with Gasteiger partial charge in [-0.2, -0.15) is 0 Å². The van der Waals surface area contributed by atoms with Crippen LogP contribution >= 0.6 is 0 Å². The number of benzene rings is 1. The van der Waals surface area contributed by atoms with E-state index in [1.165, 1.54) is 0 Å². The van der Waals surface area contributed by atoms with Crippen LogP contribution in [0.3, 0.4) is 0 Å². The number of fused-ring (bicyclic) bond motifs is 1. The average Bonchev–Trinajstić information content (AvgIpc) is 2.90. The van der Waals surface area contributed by atoms with Gasteiger partial charge in [0.1, 0.15) is 5.82 Å². The first-order chi connectivity index (χ1) is 10.3. The van der Waals surface area contributed by atoms with Crippen LogP contribution in [0.4, 0.5) is 0 Å². The molecular formula is C16H21N3O2. The number of para-hydroxylation sites is 2.